The molecule has 106 valence electrons. The van der Waals surface area contributed by atoms with Crippen molar-refractivity contribution in [1.29, 1.82) is 0 Å². The quantitative estimate of drug-likeness (QED) is 0.794. The zero-order chi connectivity index (χ0) is 14.8. The smallest absolute Gasteiger partial charge is 0.258 e. The molecule has 2 aromatic carbocycles. The first-order chi connectivity index (χ1) is 10.1. The van der Waals surface area contributed by atoms with Crippen LogP contribution >= 0.6 is 11.6 Å². The second kappa shape index (κ2) is 5.58. The van der Waals surface area contributed by atoms with Gasteiger partial charge >= 0.3 is 0 Å². The molecule has 0 unspecified atom stereocenters. The van der Waals surface area contributed by atoms with Crippen LogP contribution in [0.2, 0.25) is 5.02 Å². The molecule has 0 atom stereocenters. The van der Waals surface area contributed by atoms with E-state index in [9.17, 15) is 5.11 Å². The summed E-state index contributed by atoms with van der Waals surface area (Å²) in [6.45, 7) is 1.83. The minimum Gasteiger partial charge on any atom is -0.508 e. The summed E-state index contributed by atoms with van der Waals surface area (Å²) in [5, 5.41) is 14.4. The summed E-state index contributed by atoms with van der Waals surface area (Å²) in [6, 6.07) is 12.8. The maximum atomic E-state index is 9.73. The van der Waals surface area contributed by atoms with Crippen molar-refractivity contribution in [2.24, 2.45) is 0 Å². The lowest BCUT2D eigenvalue weighted by atomic mass is 10.1. The molecule has 0 saturated carbocycles. The second-order valence-corrected chi connectivity index (χ2v) is 5.26. The first kappa shape index (κ1) is 13.6. The maximum Gasteiger partial charge on any atom is 0.258 e. The molecule has 0 saturated heterocycles. The van der Waals surface area contributed by atoms with Gasteiger partial charge in [0.1, 0.15) is 5.75 Å². The number of aromatic nitrogens is 2. The molecule has 0 radical (unpaired) electrons. The van der Waals surface area contributed by atoms with Crippen LogP contribution in [0.25, 0.3) is 11.5 Å². The highest BCUT2D eigenvalue weighted by Gasteiger charge is 2.10. The fourth-order valence-electron chi connectivity index (χ4n) is 1.97. The Bertz CT molecular complexity index is 766. The Morgan fingerprint density at radius 1 is 1.14 bits per heavy atom. The molecule has 3 aromatic rings. The third-order valence-corrected chi connectivity index (χ3v) is 3.45. The molecule has 0 amide bonds. The molecule has 21 heavy (non-hydrogen) atoms. The number of hydrogen-bond donors (Lipinski definition) is 1. The standard InChI is InChI=1S/C16H13ClN2O2/c1-10-2-5-12(9-14(10)20)16-18-15(19-21-16)8-11-3-6-13(17)7-4-11/h2-7,9,20H,8H2,1H3. The van der Waals surface area contributed by atoms with Crippen molar-refractivity contribution in [3.05, 3.63) is 64.4 Å². The summed E-state index contributed by atoms with van der Waals surface area (Å²) in [5.41, 5.74) is 2.56. The van der Waals surface area contributed by atoms with E-state index in [0.29, 0.717) is 28.7 Å². The molecule has 0 fully saturated rings. The van der Waals surface area contributed by atoms with Crippen molar-refractivity contribution in [2.75, 3.05) is 0 Å². The Hall–Kier alpha value is -2.33. The van der Waals surface area contributed by atoms with Crippen LogP contribution in [0, 0.1) is 6.92 Å². The van der Waals surface area contributed by atoms with Crippen LogP contribution in [0.4, 0.5) is 0 Å². The minimum absolute atomic E-state index is 0.213. The van der Waals surface area contributed by atoms with Gasteiger partial charge in [-0.2, -0.15) is 4.98 Å². The van der Waals surface area contributed by atoms with Gasteiger partial charge in [-0.05, 0) is 42.3 Å². The summed E-state index contributed by atoms with van der Waals surface area (Å²) in [4.78, 5) is 4.35. The fourth-order valence-corrected chi connectivity index (χ4v) is 2.10. The minimum atomic E-state index is 0.213. The van der Waals surface area contributed by atoms with E-state index in [0.717, 1.165) is 11.1 Å². The normalized spacial score (nSPS) is 10.8. The molecule has 5 heteroatoms. The number of phenols is 1. The highest BCUT2D eigenvalue weighted by atomic mass is 35.5. The zero-order valence-corrected chi connectivity index (χ0v) is 12.1. The van der Waals surface area contributed by atoms with Gasteiger partial charge in [0.2, 0.25) is 0 Å². The van der Waals surface area contributed by atoms with Crippen LogP contribution in [0.1, 0.15) is 17.0 Å². The van der Waals surface area contributed by atoms with E-state index in [-0.39, 0.29) is 5.75 Å². The molecule has 0 aliphatic carbocycles. The summed E-state index contributed by atoms with van der Waals surface area (Å²) < 4.78 is 5.24. The number of hydrogen-bond acceptors (Lipinski definition) is 4. The SMILES string of the molecule is Cc1ccc(-c2nc(Cc3ccc(Cl)cc3)no2)cc1O. The van der Waals surface area contributed by atoms with E-state index in [4.69, 9.17) is 16.1 Å². The Morgan fingerprint density at radius 2 is 1.90 bits per heavy atom. The van der Waals surface area contributed by atoms with E-state index in [1.807, 2.05) is 43.3 Å². The summed E-state index contributed by atoms with van der Waals surface area (Å²) in [7, 11) is 0. The van der Waals surface area contributed by atoms with Crippen LogP contribution in [0.15, 0.2) is 47.0 Å². The highest BCUT2D eigenvalue weighted by molar-refractivity contribution is 6.30. The Balaban J connectivity index is 1.82. The molecule has 1 aromatic heterocycles. The first-order valence-corrected chi connectivity index (χ1v) is 6.86. The maximum absolute atomic E-state index is 9.73. The molecule has 0 spiro atoms. The van der Waals surface area contributed by atoms with Crippen molar-refractivity contribution < 1.29 is 9.63 Å². The number of rotatable bonds is 3. The van der Waals surface area contributed by atoms with E-state index in [2.05, 4.69) is 10.1 Å². The number of aromatic hydroxyl groups is 1. The lowest BCUT2D eigenvalue weighted by Gasteiger charge is -1.99. The number of halogens is 1. The van der Waals surface area contributed by atoms with Crippen molar-refractivity contribution in [3.63, 3.8) is 0 Å². The lowest BCUT2D eigenvalue weighted by Crippen LogP contribution is -1.90. The molecule has 0 aliphatic rings. The fraction of sp³-hybridized carbons (Fsp3) is 0.125. The summed E-state index contributed by atoms with van der Waals surface area (Å²) in [5.74, 6) is 1.20. The molecule has 0 bridgehead atoms. The van der Waals surface area contributed by atoms with Crippen LogP contribution < -0.4 is 0 Å². The van der Waals surface area contributed by atoms with Gasteiger partial charge in [-0.15, -0.1) is 0 Å². The van der Waals surface area contributed by atoms with Crippen molar-refractivity contribution in [3.8, 4) is 17.2 Å². The third kappa shape index (κ3) is 3.06. The molecular formula is C16H13ClN2O2. The Morgan fingerprint density at radius 3 is 2.62 bits per heavy atom. The zero-order valence-electron chi connectivity index (χ0n) is 11.4. The van der Waals surface area contributed by atoms with Gasteiger partial charge in [-0.1, -0.05) is 35.0 Å². The molecule has 1 N–H and O–H groups in total. The predicted octanol–water partition coefficient (Wildman–Crippen LogP) is 3.99. The van der Waals surface area contributed by atoms with Crippen LogP contribution in [-0.4, -0.2) is 15.2 Å². The van der Waals surface area contributed by atoms with Gasteiger partial charge in [0.15, 0.2) is 5.82 Å². The largest absolute Gasteiger partial charge is 0.508 e. The third-order valence-electron chi connectivity index (χ3n) is 3.20. The topological polar surface area (TPSA) is 59.2 Å². The van der Waals surface area contributed by atoms with Gasteiger partial charge in [0.25, 0.3) is 5.89 Å². The van der Waals surface area contributed by atoms with E-state index < -0.39 is 0 Å². The van der Waals surface area contributed by atoms with Gasteiger partial charge < -0.3 is 9.63 Å². The average Bonchev–Trinajstić information content (AvgIpc) is 2.93. The van der Waals surface area contributed by atoms with Crippen molar-refractivity contribution >= 4 is 11.6 Å². The van der Waals surface area contributed by atoms with E-state index >= 15 is 0 Å². The van der Waals surface area contributed by atoms with Crippen LogP contribution in [-0.2, 0) is 6.42 Å². The van der Waals surface area contributed by atoms with Crippen molar-refractivity contribution in [1.82, 2.24) is 10.1 Å². The van der Waals surface area contributed by atoms with Gasteiger partial charge in [0, 0.05) is 17.0 Å². The van der Waals surface area contributed by atoms with E-state index in [1.165, 1.54) is 0 Å². The number of aryl methyl sites for hydroxylation is 1. The van der Waals surface area contributed by atoms with Gasteiger partial charge in [0.05, 0.1) is 0 Å². The molecule has 4 nitrogen and oxygen atoms in total. The van der Waals surface area contributed by atoms with Gasteiger partial charge in [-0.25, -0.2) is 0 Å². The summed E-state index contributed by atoms with van der Waals surface area (Å²) in [6.07, 6.45) is 0.568. The first-order valence-electron chi connectivity index (χ1n) is 6.49. The average molecular weight is 301 g/mol. The van der Waals surface area contributed by atoms with Crippen LogP contribution in [0.3, 0.4) is 0 Å². The monoisotopic (exact) mass is 300 g/mol. The second-order valence-electron chi connectivity index (χ2n) is 4.82. The molecule has 1 heterocycles. The lowest BCUT2D eigenvalue weighted by molar-refractivity contribution is 0.423. The predicted molar refractivity (Wildman–Crippen MR) is 80.4 cm³/mol. The Kier molecular flexibility index (Phi) is 3.62. The van der Waals surface area contributed by atoms with Gasteiger partial charge in [-0.3, -0.25) is 0 Å². The van der Waals surface area contributed by atoms with Crippen molar-refractivity contribution in [2.45, 2.75) is 13.3 Å². The molecular weight excluding hydrogens is 288 g/mol. The Labute approximate surface area is 127 Å². The van der Waals surface area contributed by atoms with Crippen LogP contribution in [0.5, 0.6) is 5.75 Å². The summed E-state index contributed by atoms with van der Waals surface area (Å²) >= 11 is 5.85. The molecule has 0 aliphatic heterocycles. The molecule has 3 rings (SSSR count). The highest BCUT2D eigenvalue weighted by Crippen LogP contribution is 2.25. The number of phenolic OH excluding ortho intramolecular Hbond substituents is 1. The van der Waals surface area contributed by atoms with E-state index in [1.54, 1.807) is 6.07 Å². The number of nitrogens with zero attached hydrogens (tertiary/aromatic N) is 2. The number of benzene rings is 2.